The molecule has 1 aromatic rings. The Balaban J connectivity index is 3.14. The molecule has 1 aromatic carbocycles. The Morgan fingerprint density at radius 3 is 2.21 bits per heavy atom. The van der Waals surface area contributed by atoms with Crippen molar-refractivity contribution in [2.75, 3.05) is 34.2 Å². The summed E-state index contributed by atoms with van der Waals surface area (Å²) in [5, 5.41) is 0. The standard InChI is InChI=1S/C11H15BrF2N2O2S/c1-15(2)4-5-16(3)19(17,18)11-9(12)6-8(13)7-10(11)14/h6-7H,4-5H2,1-3H3. The summed E-state index contributed by atoms with van der Waals surface area (Å²) in [6.07, 6.45) is 0. The molecule has 0 aliphatic rings. The van der Waals surface area contributed by atoms with E-state index in [9.17, 15) is 17.2 Å². The smallest absolute Gasteiger partial charge is 0.246 e. The first-order chi connectivity index (χ1) is 8.66. The maximum Gasteiger partial charge on any atom is 0.246 e. The first-order valence-electron chi connectivity index (χ1n) is 5.42. The van der Waals surface area contributed by atoms with Gasteiger partial charge < -0.3 is 4.90 Å². The zero-order valence-corrected chi connectivity index (χ0v) is 13.2. The molecule has 19 heavy (non-hydrogen) atoms. The summed E-state index contributed by atoms with van der Waals surface area (Å²) in [7, 11) is 0.961. The van der Waals surface area contributed by atoms with Crippen LogP contribution in [0.4, 0.5) is 8.78 Å². The van der Waals surface area contributed by atoms with Crippen molar-refractivity contribution in [3.05, 3.63) is 28.2 Å². The number of sulfonamides is 1. The number of benzene rings is 1. The van der Waals surface area contributed by atoms with Crippen LogP contribution < -0.4 is 0 Å². The highest BCUT2D eigenvalue weighted by Crippen LogP contribution is 2.28. The topological polar surface area (TPSA) is 40.6 Å². The molecule has 0 N–H and O–H groups in total. The molecule has 0 saturated carbocycles. The molecule has 0 fully saturated rings. The molecule has 0 spiro atoms. The highest BCUT2D eigenvalue weighted by Gasteiger charge is 2.27. The summed E-state index contributed by atoms with van der Waals surface area (Å²) < 4.78 is 52.0. The molecule has 0 amide bonds. The van der Waals surface area contributed by atoms with Gasteiger partial charge in [-0.05, 0) is 36.1 Å². The van der Waals surface area contributed by atoms with Gasteiger partial charge in [0.2, 0.25) is 10.0 Å². The fourth-order valence-electron chi connectivity index (χ4n) is 1.39. The number of nitrogens with zero attached hydrogens (tertiary/aromatic N) is 2. The first kappa shape index (κ1) is 16.5. The van der Waals surface area contributed by atoms with Crippen molar-refractivity contribution in [3.63, 3.8) is 0 Å². The molecule has 0 aromatic heterocycles. The van der Waals surface area contributed by atoms with Gasteiger partial charge in [0.05, 0.1) is 0 Å². The Morgan fingerprint density at radius 1 is 1.16 bits per heavy atom. The molecule has 8 heteroatoms. The predicted octanol–water partition coefficient (Wildman–Crippen LogP) is 1.91. The van der Waals surface area contributed by atoms with Crippen molar-refractivity contribution in [2.24, 2.45) is 0 Å². The van der Waals surface area contributed by atoms with Crippen molar-refractivity contribution < 1.29 is 17.2 Å². The van der Waals surface area contributed by atoms with Gasteiger partial charge in [0.25, 0.3) is 0 Å². The van der Waals surface area contributed by atoms with Crippen molar-refractivity contribution in [1.29, 1.82) is 0 Å². The van der Waals surface area contributed by atoms with Crippen LogP contribution in [-0.2, 0) is 10.0 Å². The quantitative estimate of drug-likeness (QED) is 0.809. The highest BCUT2D eigenvalue weighted by atomic mass is 79.9. The summed E-state index contributed by atoms with van der Waals surface area (Å²) >= 11 is 2.89. The number of halogens is 3. The van der Waals surface area contributed by atoms with Crippen LogP contribution in [0.1, 0.15) is 0 Å². The Bertz CT molecular complexity index is 541. The predicted molar refractivity (Wildman–Crippen MR) is 72.4 cm³/mol. The summed E-state index contributed by atoms with van der Waals surface area (Å²) in [6.45, 7) is 0.703. The number of hydrogen-bond donors (Lipinski definition) is 0. The van der Waals surface area contributed by atoms with Gasteiger partial charge in [-0.15, -0.1) is 0 Å². The van der Waals surface area contributed by atoms with Crippen molar-refractivity contribution in [2.45, 2.75) is 4.90 Å². The lowest BCUT2D eigenvalue weighted by molar-refractivity contribution is 0.357. The van der Waals surface area contributed by atoms with Gasteiger partial charge in [-0.1, -0.05) is 0 Å². The van der Waals surface area contributed by atoms with E-state index in [-0.39, 0.29) is 11.0 Å². The normalized spacial score (nSPS) is 12.4. The van der Waals surface area contributed by atoms with E-state index >= 15 is 0 Å². The van der Waals surface area contributed by atoms with E-state index in [1.54, 1.807) is 14.1 Å². The summed E-state index contributed by atoms with van der Waals surface area (Å²) in [6, 6.07) is 1.48. The monoisotopic (exact) mass is 356 g/mol. The molecule has 0 radical (unpaired) electrons. The molecule has 0 saturated heterocycles. The lowest BCUT2D eigenvalue weighted by atomic mass is 10.3. The Hall–Kier alpha value is -0.570. The van der Waals surface area contributed by atoms with Crippen LogP contribution in [0.15, 0.2) is 21.5 Å². The Kier molecular flexibility index (Phi) is 5.43. The van der Waals surface area contributed by atoms with Gasteiger partial charge in [-0.2, -0.15) is 4.31 Å². The fourth-order valence-corrected chi connectivity index (χ4v) is 3.66. The lowest BCUT2D eigenvalue weighted by Gasteiger charge is -2.20. The van der Waals surface area contributed by atoms with Gasteiger partial charge in [0, 0.05) is 30.7 Å². The second-order valence-corrected chi connectivity index (χ2v) is 7.16. The average molecular weight is 357 g/mol. The summed E-state index contributed by atoms with van der Waals surface area (Å²) in [5.41, 5.74) is 0. The summed E-state index contributed by atoms with van der Waals surface area (Å²) in [5.74, 6) is -1.94. The maximum absolute atomic E-state index is 13.7. The second kappa shape index (κ2) is 6.25. The molecule has 108 valence electrons. The Morgan fingerprint density at radius 2 is 1.74 bits per heavy atom. The van der Waals surface area contributed by atoms with Crippen LogP contribution in [0, 0.1) is 11.6 Å². The highest BCUT2D eigenvalue weighted by molar-refractivity contribution is 9.10. The van der Waals surface area contributed by atoms with Crippen LogP contribution in [0.3, 0.4) is 0 Å². The third-order valence-corrected chi connectivity index (χ3v) is 5.32. The minimum Gasteiger partial charge on any atom is -0.308 e. The zero-order chi connectivity index (χ0) is 14.8. The average Bonchev–Trinajstić information content (AvgIpc) is 2.23. The summed E-state index contributed by atoms with van der Waals surface area (Å²) in [4.78, 5) is 1.26. The third kappa shape index (κ3) is 3.95. The zero-order valence-electron chi connectivity index (χ0n) is 10.8. The minimum atomic E-state index is -3.99. The molecule has 1 rings (SSSR count). The lowest BCUT2D eigenvalue weighted by Crippen LogP contribution is -2.34. The fraction of sp³-hybridized carbons (Fsp3) is 0.455. The maximum atomic E-state index is 13.7. The number of rotatable bonds is 5. The molecular formula is C11H15BrF2N2O2S. The SMILES string of the molecule is CN(C)CCN(C)S(=O)(=O)c1c(F)cc(F)cc1Br. The van der Waals surface area contributed by atoms with Crippen LogP contribution in [0.5, 0.6) is 0 Å². The van der Waals surface area contributed by atoms with Gasteiger partial charge in [0.1, 0.15) is 16.5 Å². The molecular weight excluding hydrogens is 342 g/mol. The van der Waals surface area contributed by atoms with Gasteiger partial charge >= 0.3 is 0 Å². The van der Waals surface area contributed by atoms with Crippen molar-refractivity contribution >= 4 is 26.0 Å². The molecule has 0 bridgehead atoms. The van der Waals surface area contributed by atoms with Crippen LogP contribution >= 0.6 is 15.9 Å². The Labute approximate surface area is 120 Å². The van der Waals surface area contributed by atoms with E-state index in [4.69, 9.17) is 0 Å². The minimum absolute atomic E-state index is 0.123. The van der Waals surface area contributed by atoms with Crippen LogP contribution in [-0.4, -0.2) is 51.9 Å². The van der Waals surface area contributed by atoms with E-state index in [1.807, 2.05) is 4.90 Å². The van der Waals surface area contributed by atoms with E-state index in [1.165, 1.54) is 7.05 Å². The van der Waals surface area contributed by atoms with Crippen molar-refractivity contribution in [1.82, 2.24) is 9.21 Å². The van der Waals surface area contributed by atoms with Crippen LogP contribution in [0.2, 0.25) is 0 Å². The molecule has 4 nitrogen and oxygen atoms in total. The molecule has 0 unspecified atom stereocenters. The molecule has 0 aliphatic carbocycles. The number of hydrogen-bond acceptors (Lipinski definition) is 3. The number of likely N-dealkylation sites (N-methyl/N-ethyl adjacent to an activating group) is 2. The van der Waals surface area contributed by atoms with Crippen molar-refractivity contribution in [3.8, 4) is 0 Å². The van der Waals surface area contributed by atoms with Gasteiger partial charge in [-0.25, -0.2) is 17.2 Å². The largest absolute Gasteiger partial charge is 0.308 e. The van der Waals surface area contributed by atoms with E-state index in [2.05, 4.69) is 15.9 Å². The van der Waals surface area contributed by atoms with Gasteiger partial charge in [-0.3, -0.25) is 0 Å². The first-order valence-corrected chi connectivity index (χ1v) is 7.65. The molecule has 0 atom stereocenters. The third-order valence-electron chi connectivity index (χ3n) is 2.49. The van der Waals surface area contributed by atoms with E-state index in [0.717, 1.165) is 10.4 Å². The molecule has 0 heterocycles. The van der Waals surface area contributed by atoms with Gasteiger partial charge in [0.15, 0.2) is 0 Å². The van der Waals surface area contributed by atoms with Crippen LogP contribution in [0.25, 0.3) is 0 Å². The second-order valence-electron chi connectivity index (χ2n) is 4.33. The molecule has 0 aliphatic heterocycles. The van der Waals surface area contributed by atoms with E-state index < -0.39 is 26.6 Å². The van der Waals surface area contributed by atoms with E-state index in [0.29, 0.717) is 12.6 Å².